The highest BCUT2D eigenvalue weighted by Gasteiger charge is 2.41. The van der Waals surface area contributed by atoms with E-state index in [0.29, 0.717) is 31.8 Å². The Morgan fingerprint density at radius 3 is 2.26 bits per heavy atom. The number of carbonyl (C=O) groups is 4. The van der Waals surface area contributed by atoms with Gasteiger partial charge in [0.05, 0.1) is 19.4 Å². The van der Waals surface area contributed by atoms with Crippen LogP contribution in [0.3, 0.4) is 0 Å². The fraction of sp³-hybridized carbons (Fsp3) is 0.615. The van der Waals surface area contributed by atoms with Crippen molar-refractivity contribution in [3.63, 3.8) is 0 Å². The molecule has 1 saturated carbocycles. The Morgan fingerprint density at radius 1 is 0.974 bits per heavy atom. The molecular weight excluding hydrogens is 498 g/mol. The molecule has 0 radical (unpaired) electrons. The number of hydrogen-bond donors (Lipinski definition) is 3. The molecule has 12 nitrogen and oxygen atoms in total. The molecule has 0 bridgehead atoms. The highest BCUT2D eigenvalue weighted by Crippen LogP contribution is 2.27. The lowest BCUT2D eigenvalue weighted by Gasteiger charge is -2.35. The number of aliphatic hydroxyl groups is 1. The average Bonchev–Trinajstić information content (AvgIpc) is 3.73. The van der Waals surface area contributed by atoms with Crippen LogP contribution in [0.25, 0.3) is 0 Å². The maximum atomic E-state index is 12.9. The first-order chi connectivity index (χ1) is 18.1. The Labute approximate surface area is 220 Å². The molecule has 1 aromatic carbocycles. The second-order valence-corrected chi connectivity index (χ2v) is 10.3. The zero-order valence-corrected chi connectivity index (χ0v) is 21.3. The third-order valence-electron chi connectivity index (χ3n) is 7.20. The molecule has 3 fully saturated rings. The van der Waals surface area contributed by atoms with Gasteiger partial charge in [-0.3, -0.25) is 24.2 Å². The van der Waals surface area contributed by atoms with Crippen LogP contribution in [0, 0.1) is 0 Å². The predicted molar refractivity (Wildman–Crippen MR) is 132 cm³/mol. The molecule has 0 spiro atoms. The van der Waals surface area contributed by atoms with Crippen molar-refractivity contribution in [3.8, 4) is 0 Å². The third kappa shape index (κ3) is 7.50. The maximum Gasteiger partial charge on any atom is 0.336 e. The Kier molecular flexibility index (Phi) is 8.98. The van der Waals surface area contributed by atoms with Crippen LogP contribution >= 0.6 is 0 Å². The van der Waals surface area contributed by atoms with Gasteiger partial charge in [0.2, 0.25) is 0 Å². The van der Waals surface area contributed by atoms with Gasteiger partial charge in [-0.25, -0.2) is 4.79 Å². The van der Waals surface area contributed by atoms with Crippen molar-refractivity contribution in [3.05, 3.63) is 35.4 Å². The molecule has 2 atom stereocenters. The number of ether oxygens (including phenoxy) is 2. The fourth-order valence-electron chi connectivity index (χ4n) is 4.89. The highest BCUT2D eigenvalue weighted by molar-refractivity contribution is 5.94. The smallest absolute Gasteiger partial charge is 0.336 e. The van der Waals surface area contributed by atoms with Crippen molar-refractivity contribution in [2.75, 3.05) is 52.5 Å². The number of nitrogens with zero attached hydrogens (tertiary/aromatic N) is 3. The number of carboxylic acids is 2. The van der Waals surface area contributed by atoms with E-state index in [2.05, 4.69) is 9.80 Å². The van der Waals surface area contributed by atoms with Gasteiger partial charge in [-0.05, 0) is 30.5 Å². The number of benzene rings is 1. The zero-order valence-electron chi connectivity index (χ0n) is 21.3. The Morgan fingerprint density at radius 2 is 1.66 bits per heavy atom. The number of carbonyl (C=O) groups excluding carboxylic acids is 2. The summed E-state index contributed by atoms with van der Waals surface area (Å²) in [6, 6.07) is 8.30. The summed E-state index contributed by atoms with van der Waals surface area (Å²) >= 11 is 0. The molecule has 1 amide bonds. The van der Waals surface area contributed by atoms with Gasteiger partial charge in [0, 0.05) is 57.4 Å². The van der Waals surface area contributed by atoms with Gasteiger partial charge in [-0.2, -0.15) is 0 Å². The van der Waals surface area contributed by atoms with Crippen LogP contribution in [0.2, 0.25) is 0 Å². The van der Waals surface area contributed by atoms with E-state index in [9.17, 15) is 24.3 Å². The van der Waals surface area contributed by atoms with Gasteiger partial charge in [0.25, 0.3) is 5.91 Å². The Balaban J connectivity index is 1.21. The van der Waals surface area contributed by atoms with E-state index in [1.54, 1.807) is 0 Å². The largest absolute Gasteiger partial charge is 0.481 e. The standard InChI is InChI=1S/C26H35N3O9/c30-22(31)13-26(36,25(34)35)14-23(32)38-17-21-16-27(11-12-37-21)15-18-1-3-19(4-2-18)24(33)29-9-7-28(8-10-29)20-5-6-20/h1-4,20-21,36H,5-17H2,(H,30,31)(H,34,35). The minimum absolute atomic E-state index is 0.0541. The molecule has 38 heavy (non-hydrogen) atoms. The van der Waals surface area contributed by atoms with Crippen molar-refractivity contribution < 1.29 is 44.0 Å². The van der Waals surface area contributed by atoms with Crippen molar-refractivity contribution in [2.24, 2.45) is 0 Å². The molecular formula is C26H35N3O9. The second kappa shape index (κ2) is 12.2. The van der Waals surface area contributed by atoms with E-state index in [4.69, 9.17) is 19.7 Å². The summed E-state index contributed by atoms with van der Waals surface area (Å²) in [6.07, 6.45) is -0.00841. The molecule has 0 aromatic heterocycles. The van der Waals surface area contributed by atoms with Crippen LogP contribution in [-0.2, 0) is 30.4 Å². The first-order valence-electron chi connectivity index (χ1n) is 12.9. The van der Waals surface area contributed by atoms with E-state index in [0.717, 1.165) is 37.8 Å². The van der Waals surface area contributed by atoms with Crippen LogP contribution < -0.4 is 0 Å². The van der Waals surface area contributed by atoms with Crippen LogP contribution in [-0.4, -0.2) is 124 Å². The molecule has 3 aliphatic rings. The van der Waals surface area contributed by atoms with Gasteiger partial charge >= 0.3 is 17.9 Å². The summed E-state index contributed by atoms with van der Waals surface area (Å²) in [5.41, 5.74) is -1.04. The highest BCUT2D eigenvalue weighted by atomic mass is 16.6. The summed E-state index contributed by atoms with van der Waals surface area (Å²) in [7, 11) is 0. The van der Waals surface area contributed by atoms with Gasteiger partial charge in [-0.15, -0.1) is 0 Å². The number of morpholine rings is 1. The van der Waals surface area contributed by atoms with Crippen molar-refractivity contribution in [1.29, 1.82) is 0 Å². The molecule has 3 N–H and O–H groups in total. The Hall–Kier alpha value is -3.06. The lowest BCUT2D eigenvalue weighted by atomic mass is 9.96. The molecule has 12 heteroatoms. The topological polar surface area (TPSA) is 157 Å². The van der Waals surface area contributed by atoms with E-state index < -0.39 is 42.5 Å². The van der Waals surface area contributed by atoms with Crippen molar-refractivity contribution in [2.45, 2.75) is 50.0 Å². The first-order valence-corrected chi connectivity index (χ1v) is 12.9. The number of piperazine rings is 1. The minimum atomic E-state index is -2.74. The van der Waals surface area contributed by atoms with Crippen LogP contribution in [0.5, 0.6) is 0 Å². The van der Waals surface area contributed by atoms with E-state index in [1.807, 2.05) is 29.2 Å². The average molecular weight is 534 g/mol. The summed E-state index contributed by atoms with van der Waals surface area (Å²) in [5.74, 6) is -4.32. The normalized spacial score (nSPS) is 22.4. The second-order valence-electron chi connectivity index (χ2n) is 10.3. The van der Waals surface area contributed by atoms with Crippen molar-refractivity contribution >= 4 is 23.8 Å². The van der Waals surface area contributed by atoms with E-state index >= 15 is 0 Å². The first kappa shape index (κ1) is 28.0. The third-order valence-corrected chi connectivity index (χ3v) is 7.20. The Bertz CT molecular complexity index is 1020. The van der Waals surface area contributed by atoms with Crippen LogP contribution in [0.15, 0.2) is 24.3 Å². The SMILES string of the molecule is O=C(O)CC(O)(CC(=O)OCC1CN(Cc2ccc(C(=O)N3CCN(C4CC4)CC3)cc2)CCO1)C(=O)O. The molecule has 4 rings (SSSR count). The molecule has 208 valence electrons. The van der Waals surface area contributed by atoms with Crippen molar-refractivity contribution in [1.82, 2.24) is 14.7 Å². The lowest BCUT2D eigenvalue weighted by molar-refractivity contribution is -0.173. The number of aliphatic carboxylic acids is 2. The summed E-state index contributed by atoms with van der Waals surface area (Å²) < 4.78 is 10.7. The number of amides is 1. The van der Waals surface area contributed by atoms with E-state index in [-0.39, 0.29) is 12.5 Å². The van der Waals surface area contributed by atoms with Crippen LogP contribution in [0.1, 0.15) is 41.6 Å². The fourth-order valence-corrected chi connectivity index (χ4v) is 4.89. The number of hydrogen-bond acceptors (Lipinski definition) is 9. The molecule has 2 aliphatic heterocycles. The minimum Gasteiger partial charge on any atom is -0.481 e. The zero-order chi connectivity index (χ0) is 27.3. The molecule has 2 unspecified atom stereocenters. The lowest BCUT2D eigenvalue weighted by Crippen LogP contribution is -2.49. The van der Waals surface area contributed by atoms with Gasteiger partial charge < -0.3 is 29.7 Å². The van der Waals surface area contributed by atoms with Gasteiger partial charge in [0.15, 0.2) is 5.60 Å². The number of esters is 1. The predicted octanol–water partition coefficient (Wildman–Crippen LogP) is 0.0313. The summed E-state index contributed by atoms with van der Waals surface area (Å²) in [5, 5.41) is 27.9. The number of rotatable bonds is 11. The monoisotopic (exact) mass is 533 g/mol. The van der Waals surface area contributed by atoms with Gasteiger partial charge in [-0.1, -0.05) is 12.1 Å². The summed E-state index contributed by atoms with van der Waals surface area (Å²) in [6.45, 7) is 5.36. The van der Waals surface area contributed by atoms with E-state index in [1.165, 1.54) is 12.8 Å². The van der Waals surface area contributed by atoms with Crippen LogP contribution in [0.4, 0.5) is 0 Å². The molecule has 1 aromatic rings. The molecule has 2 heterocycles. The quantitative estimate of drug-likeness (QED) is 0.330. The number of carboxylic acid groups (broad SMARTS) is 2. The molecule has 2 saturated heterocycles. The molecule has 1 aliphatic carbocycles. The maximum absolute atomic E-state index is 12.9. The van der Waals surface area contributed by atoms with Gasteiger partial charge in [0.1, 0.15) is 12.7 Å². The summed E-state index contributed by atoms with van der Waals surface area (Å²) in [4.78, 5) is 53.5.